The van der Waals surface area contributed by atoms with Crippen molar-refractivity contribution in [1.82, 2.24) is 20.9 Å². The number of carbonyl (C=O) groups excluding carboxylic acids is 1. The van der Waals surface area contributed by atoms with Gasteiger partial charge in [0.2, 0.25) is 5.91 Å². The maximum absolute atomic E-state index is 11.5. The Morgan fingerprint density at radius 2 is 1.74 bits per heavy atom. The first kappa shape index (κ1) is 27.1. The number of hydrogen-bond donors (Lipinski definition) is 3. The van der Waals surface area contributed by atoms with Crippen molar-refractivity contribution >= 4 is 35.8 Å². The fourth-order valence-electron chi connectivity index (χ4n) is 3.54. The van der Waals surface area contributed by atoms with Gasteiger partial charge >= 0.3 is 0 Å². The van der Waals surface area contributed by atoms with Crippen LogP contribution in [0.2, 0.25) is 0 Å². The third-order valence-corrected chi connectivity index (χ3v) is 5.28. The number of guanidine groups is 1. The molecule has 0 bridgehead atoms. The second-order valence-electron chi connectivity index (χ2n) is 7.13. The molecule has 1 aromatic rings. The van der Waals surface area contributed by atoms with Crippen molar-refractivity contribution in [3.05, 3.63) is 17.7 Å². The zero-order valence-corrected chi connectivity index (χ0v) is 21.4. The Hall–Kier alpha value is -1.95. The normalized spacial score (nSPS) is 14.9. The van der Waals surface area contributed by atoms with E-state index in [-0.39, 0.29) is 29.9 Å². The first-order chi connectivity index (χ1) is 14.5. The number of ether oxygens (including phenoxy) is 3. The van der Waals surface area contributed by atoms with E-state index in [4.69, 9.17) is 14.2 Å². The van der Waals surface area contributed by atoms with Crippen molar-refractivity contribution in [3.63, 3.8) is 0 Å². The van der Waals surface area contributed by atoms with Crippen LogP contribution in [-0.2, 0) is 11.2 Å². The predicted molar refractivity (Wildman–Crippen MR) is 133 cm³/mol. The summed E-state index contributed by atoms with van der Waals surface area (Å²) in [7, 11) is 8.34. The minimum Gasteiger partial charge on any atom is -0.496 e. The van der Waals surface area contributed by atoms with Gasteiger partial charge < -0.3 is 30.2 Å². The molecule has 3 N–H and O–H groups in total. The highest BCUT2D eigenvalue weighted by atomic mass is 127. The Kier molecular flexibility index (Phi) is 12.4. The minimum atomic E-state index is 0. The van der Waals surface area contributed by atoms with Crippen LogP contribution in [0.5, 0.6) is 17.2 Å². The third kappa shape index (κ3) is 8.24. The molecule has 0 saturated carbocycles. The summed E-state index contributed by atoms with van der Waals surface area (Å²) in [6.45, 7) is 2.92. The lowest BCUT2D eigenvalue weighted by molar-refractivity contribution is -0.122. The molecule has 0 radical (unpaired) electrons. The molecule has 0 spiro atoms. The summed E-state index contributed by atoms with van der Waals surface area (Å²) in [6.07, 6.45) is 2.65. The highest BCUT2D eigenvalue weighted by Crippen LogP contribution is 2.34. The quantitative estimate of drug-likeness (QED) is 0.243. The van der Waals surface area contributed by atoms with Crippen LogP contribution in [0.15, 0.2) is 17.1 Å². The number of hydrogen-bond acceptors (Lipinski definition) is 6. The number of methoxy groups -OCH3 is 3. The van der Waals surface area contributed by atoms with Gasteiger partial charge in [-0.2, -0.15) is 0 Å². The van der Waals surface area contributed by atoms with Gasteiger partial charge in [-0.25, -0.2) is 0 Å². The number of nitrogens with zero attached hydrogens (tertiary/aromatic N) is 2. The lowest BCUT2D eigenvalue weighted by atomic mass is 10.1. The molecule has 31 heavy (non-hydrogen) atoms. The Labute approximate surface area is 202 Å². The SMILES string of the molecule is CN=C(NCCc1c(OC)cc(OC)cc1OC)NC1CCN(CC(=O)NC)CC1.I. The van der Waals surface area contributed by atoms with E-state index >= 15 is 0 Å². The largest absolute Gasteiger partial charge is 0.496 e. The zero-order valence-electron chi connectivity index (χ0n) is 19.1. The highest BCUT2D eigenvalue weighted by Gasteiger charge is 2.21. The van der Waals surface area contributed by atoms with E-state index < -0.39 is 0 Å². The van der Waals surface area contributed by atoms with Crippen molar-refractivity contribution < 1.29 is 19.0 Å². The second kappa shape index (κ2) is 14.2. The second-order valence-corrected chi connectivity index (χ2v) is 7.13. The van der Waals surface area contributed by atoms with Crippen molar-refractivity contribution in [2.45, 2.75) is 25.3 Å². The molecule has 0 atom stereocenters. The van der Waals surface area contributed by atoms with Gasteiger partial charge in [-0.15, -0.1) is 24.0 Å². The molecule has 10 heteroatoms. The van der Waals surface area contributed by atoms with Gasteiger partial charge in [0, 0.05) is 57.5 Å². The summed E-state index contributed by atoms with van der Waals surface area (Å²) in [5, 5.41) is 9.53. The van der Waals surface area contributed by atoms with Crippen LogP contribution in [0.3, 0.4) is 0 Å². The Morgan fingerprint density at radius 3 is 2.23 bits per heavy atom. The van der Waals surface area contributed by atoms with E-state index in [1.54, 1.807) is 35.4 Å². The number of aliphatic imine (C=N–C) groups is 1. The minimum absolute atomic E-state index is 0. The number of nitrogens with one attached hydrogen (secondary N) is 3. The standard InChI is InChI=1S/C21H35N5O4.HI/c1-22-20(27)14-26-10-7-15(8-11-26)25-21(23-2)24-9-6-17-18(29-4)12-16(28-3)13-19(17)30-5;/h12-13,15H,6-11,14H2,1-5H3,(H,22,27)(H2,23,24,25);1H. The zero-order chi connectivity index (χ0) is 21.9. The molecular weight excluding hydrogens is 513 g/mol. The number of halogens is 1. The Balaban J connectivity index is 0.00000480. The lowest BCUT2D eigenvalue weighted by Crippen LogP contribution is -2.50. The van der Waals surface area contributed by atoms with Crippen LogP contribution in [0.25, 0.3) is 0 Å². The molecule has 2 rings (SSSR count). The van der Waals surface area contributed by atoms with Gasteiger partial charge in [-0.05, 0) is 19.3 Å². The van der Waals surface area contributed by atoms with E-state index in [9.17, 15) is 4.79 Å². The van der Waals surface area contributed by atoms with Crippen LogP contribution in [0, 0.1) is 0 Å². The van der Waals surface area contributed by atoms with Crippen molar-refractivity contribution in [2.24, 2.45) is 4.99 Å². The number of carbonyl (C=O) groups is 1. The fourth-order valence-corrected chi connectivity index (χ4v) is 3.54. The molecule has 1 saturated heterocycles. The molecule has 176 valence electrons. The maximum atomic E-state index is 11.5. The van der Waals surface area contributed by atoms with Gasteiger partial charge in [0.05, 0.1) is 27.9 Å². The molecule has 0 aromatic heterocycles. The number of amides is 1. The average molecular weight is 549 g/mol. The molecule has 0 aliphatic carbocycles. The summed E-state index contributed by atoms with van der Waals surface area (Å²) < 4.78 is 16.3. The number of likely N-dealkylation sites (N-methyl/N-ethyl adjacent to an activating group) is 1. The van der Waals surface area contributed by atoms with Crippen LogP contribution >= 0.6 is 24.0 Å². The predicted octanol–water partition coefficient (Wildman–Crippen LogP) is 1.25. The van der Waals surface area contributed by atoms with E-state index in [1.807, 2.05) is 12.1 Å². The van der Waals surface area contributed by atoms with E-state index in [1.165, 1.54) is 0 Å². The smallest absolute Gasteiger partial charge is 0.233 e. The number of piperidine rings is 1. The molecule has 1 heterocycles. The molecule has 1 aliphatic rings. The third-order valence-electron chi connectivity index (χ3n) is 5.28. The van der Waals surface area contributed by atoms with E-state index in [0.717, 1.165) is 49.0 Å². The molecule has 9 nitrogen and oxygen atoms in total. The Morgan fingerprint density at radius 1 is 1.13 bits per heavy atom. The maximum Gasteiger partial charge on any atom is 0.233 e. The van der Waals surface area contributed by atoms with E-state index in [2.05, 4.69) is 25.8 Å². The van der Waals surface area contributed by atoms with Gasteiger partial charge in [-0.3, -0.25) is 14.7 Å². The monoisotopic (exact) mass is 549 g/mol. The lowest BCUT2D eigenvalue weighted by Gasteiger charge is -2.32. The van der Waals surface area contributed by atoms with Gasteiger partial charge in [-0.1, -0.05) is 0 Å². The molecule has 1 aliphatic heterocycles. The highest BCUT2D eigenvalue weighted by molar-refractivity contribution is 14.0. The molecule has 1 aromatic carbocycles. The topological polar surface area (TPSA) is 96.5 Å². The van der Waals surface area contributed by atoms with Crippen molar-refractivity contribution in [3.8, 4) is 17.2 Å². The number of likely N-dealkylation sites (tertiary alicyclic amines) is 1. The molecular formula is C21H36IN5O4. The summed E-state index contributed by atoms with van der Waals surface area (Å²) in [6, 6.07) is 4.05. The average Bonchev–Trinajstić information content (AvgIpc) is 2.79. The van der Waals surface area contributed by atoms with Crippen LogP contribution in [0.4, 0.5) is 0 Å². The fraction of sp³-hybridized carbons (Fsp3) is 0.619. The summed E-state index contributed by atoms with van der Waals surface area (Å²) in [4.78, 5) is 18.0. The molecule has 1 amide bonds. The summed E-state index contributed by atoms with van der Waals surface area (Å²) in [5.74, 6) is 2.99. The Bertz CT molecular complexity index is 699. The molecule has 1 fully saturated rings. The summed E-state index contributed by atoms with van der Waals surface area (Å²) >= 11 is 0. The van der Waals surface area contributed by atoms with Crippen LogP contribution in [-0.4, -0.2) is 84.4 Å². The van der Waals surface area contributed by atoms with Crippen molar-refractivity contribution in [1.29, 1.82) is 0 Å². The van der Waals surface area contributed by atoms with Crippen LogP contribution < -0.4 is 30.2 Å². The van der Waals surface area contributed by atoms with Crippen molar-refractivity contribution in [2.75, 3.05) is 61.6 Å². The van der Waals surface area contributed by atoms with Gasteiger partial charge in [0.15, 0.2) is 5.96 Å². The first-order valence-corrected chi connectivity index (χ1v) is 10.2. The summed E-state index contributed by atoms with van der Waals surface area (Å²) in [5.41, 5.74) is 0.978. The number of benzene rings is 1. The molecule has 0 unspecified atom stereocenters. The number of rotatable bonds is 9. The van der Waals surface area contributed by atoms with Gasteiger partial charge in [0.25, 0.3) is 0 Å². The van der Waals surface area contributed by atoms with Gasteiger partial charge in [0.1, 0.15) is 17.2 Å². The van der Waals surface area contributed by atoms with E-state index in [0.29, 0.717) is 31.3 Å². The first-order valence-electron chi connectivity index (χ1n) is 10.2. The van der Waals surface area contributed by atoms with Crippen LogP contribution in [0.1, 0.15) is 18.4 Å².